The summed E-state index contributed by atoms with van der Waals surface area (Å²) in [6.07, 6.45) is 1.75. The summed E-state index contributed by atoms with van der Waals surface area (Å²) in [4.78, 5) is 11.6. The Morgan fingerprint density at radius 2 is 2.41 bits per heavy atom. The molecule has 1 aromatic rings. The number of nitrogens with one attached hydrogen (secondary N) is 2. The molecule has 1 amide bonds. The van der Waals surface area contributed by atoms with Gasteiger partial charge in [-0.1, -0.05) is 5.21 Å². The van der Waals surface area contributed by atoms with Crippen LogP contribution >= 0.6 is 0 Å². The molecule has 7 heteroatoms. The van der Waals surface area contributed by atoms with Crippen LogP contribution in [0.4, 0.5) is 0 Å². The molecule has 17 heavy (non-hydrogen) atoms. The van der Waals surface area contributed by atoms with Crippen molar-refractivity contribution in [3.8, 4) is 0 Å². The molecule has 1 atom stereocenters. The van der Waals surface area contributed by atoms with E-state index in [0.29, 0.717) is 13.2 Å². The fourth-order valence-electron chi connectivity index (χ4n) is 1.44. The number of hydrogen-bond acceptors (Lipinski definition) is 5. The minimum Gasteiger partial charge on any atom is -0.383 e. The van der Waals surface area contributed by atoms with E-state index < -0.39 is 0 Å². The molecule has 0 aliphatic carbocycles. The Labute approximate surface area is 101 Å². The summed E-state index contributed by atoms with van der Waals surface area (Å²) < 4.78 is 6.45. The zero-order valence-corrected chi connectivity index (χ0v) is 10.4. The van der Waals surface area contributed by atoms with Crippen molar-refractivity contribution >= 4 is 5.91 Å². The maximum absolute atomic E-state index is 11.6. The molecule has 7 nitrogen and oxygen atoms in total. The summed E-state index contributed by atoms with van der Waals surface area (Å²) in [6, 6.07) is -0.00667. The molecular formula is C10H19N5O2. The normalized spacial score (nSPS) is 12.4. The van der Waals surface area contributed by atoms with E-state index in [1.807, 2.05) is 14.0 Å². The minimum atomic E-state index is -0.101. The van der Waals surface area contributed by atoms with Crippen molar-refractivity contribution in [3.05, 3.63) is 11.9 Å². The Morgan fingerprint density at radius 1 is 1.65 bits per heavy atom. The molecule has 1 rings (SSSR count). The molecule has 0 aliphatic rings. The van der Waals surface area contributed by atoms with Gasteiger partial charge >= 0.3 is 0 Å². The van der Waals surface area contributed by atoms with Gasteiger partial charge in [0.25, 0.3) is 0 Å². The second kappa shape index (κ2) is 6.97. The van der Waals surface area contributed by atoms with Gasteiger partial charge in [0.2, 0.25) is 5.91 Å². The fourth-order valence-corrected chi connectivity index (χ4v) is 1.44. The third-order valence-electron chi connectivity index (χ3n) is 2.07. The fraction of sp³-hybridized carbons (Fsp3) is 0.700. The van der Waals surface area contributed by atoms with Crippen molar-refractivity contribution in [1.82, 2.24) is 25.6 Å². The smallest absolute Gasteiger partial charge is 0.242 e. The van der Waals surface area contributed by atoms with E-state index >= 15 is 0 Å². The van der Waals surface area contributed by atoms with Crippen LogP contribution in [0, 0.1) is 0 Å². The van der Waals surface area contributed by atoms with Gasteiger partial charge in [-0.2, -0.15) is 0 Å². The number of hydrogen-bond donors (Lipinski definition) is 2. The average molecular weight is 241 g/mol. The molecule has 0 radical (unpaired) electrons. The lowest BCUT2D eigenvalue weighted by molar-refractivity contribution is -0.122. The Bertz CT molecular complexity index is 352. The SMILES string of the molecule is CNCc1cn(CC(=O)NC(C)COC)nn1. The molecule has 1 heterocycles. The first-order valence-electron chi connectivity index (χ1n) is 5.47. The quantitative estimate of drug-likeness (QED) is 0.650. The van der Waals surface area contributed by atoms with Crippen molar-refractivity contribution in [2.24, 2.45) is 0 Å². The molecule has 0 bridgehead atoms. The van der Waals surface area contributed by atoms with Crippen LogP contribution in [0.15, 0.2) is 6.20 Å². The molecule has 0 aliphatic heterocycles. The standard InChI is InChI=1S/C10H19N5O2/c1-8(7-17-3)12-10(16)6-15-5-9(4-11-2)13-14-15/h5,8,11H,4,6-7H2,1-3H3,(H,12,16). The monoisotopic (exact) mass is 241 g/mol. The predicted octanol–water partition coefficient (Wildman–Crippen LogP) is -0.851. The van der Waals surface area contributed by atoms with Gasteiger partial charge in [0.05, 0.1) is 18.5 Å². The first-order chi connectivity index (χ1) is 8.15. The lowest BCUT2D eigenvalue weighted by Gasteiger charge is -2.12. The molecule has 1 aromatic heterocycles. The van der Waals surface area contributed by atoms with E-state index in [4.69, 9.17) is 4.74 Å². The average Bonchev–Trinajstić information content (AvgIpc) is 2.66. The van der Waals surface area contributed by atoms with Crippen LogP contribution in [0.25, 0.3) is 0 Å². The maximum Gasteiger partial charge on any atom is 0.242 e. The zero-order chi connectivity index (χ0) is 12.7. The van der Waals surface area contributed by atoms with Crippen LogP contribution in [0.1, 0.15) is 12.6 Å². The number of carbonyl (C=O) groups excluding carboxylic acids is 1. The van der Waals surface area contributed by atoms with Crippen molar-refractivity contribution in [2.75, 3.05) is 20.8 Å². The number of rotatable bonds is 7. The highest BCUT2D eigenvalue weighted by Crippen LogP contribution is 1.92. The molecule has 1 unspecified atom stereocenters. The summed E-state index contributed by atoms with van der Waals surface area (Å²) in [5, 5.41) is 13.6. The van der Waals surface area contributed by atoms with Gasteiger partial charge < -0.3 is 15.4 Å². The topological polar surface area (TPSA) is 81.1 Å². The molecule has 0 spiro atoms. The van der Waals surface area contributed by atoms with Crippen LogP contribution in [0.3, 0.4) is 0 Å². The molecule has 0 fully saturated rings. The van der Waals surface area contributed by atoms with Gasteiger partial charge in [0, 0.05) is 19.7 Å². The number of aromatic nitrogens is 3. The molecule has 2 N–H and O–H groups in total. The van der Waals surface area contributed by atoms with Gasteiger partial charge in [0.1, 0.15) is 6.54 Å². The van der Waals surface area contributed by atoms with Crippen molar-refractivity contribution in [3.63, 3.8) is 0 Å². The van der Waals surface area contributed by atoms with Crippen LogP contribution in [-0.2, 0) is 22.6 Å². The third-order valence-corrected chi connectivity index (χ3v) is 2.07. The van der Waals surface area contributed by atoms with Gasteiger partial charge in [0.15, 0.2) is 0 Å². The maximum atomic E-state index is 11.6. The van der Waals surface area contributed by atoms with Gasteiger partial charge in [-0.15, -0.1) is 5.10 Å². The summed E-state index contributed by atoms with van der Waals surface area (Å²) in [5.74, 6) is -0.101. The highest BCUT2D eigenvalue weighted by molar-refractivity contribution is 5.75. The van der Waals surface area contributed by atoms with Crippen molar-refractivity contribution in [2.45, 2.75) is 26.1 Å². The highest BCUT2D eigenvalue weighted by atomic mass is 16.5. The van der Waals surface area contributed by atoms with Crippen molar-refractivity contribution < 1.29 is 9.53 Å². The predicted molar refractivity (Wildman–Crippen MR) is 62.3 cm³/mol. The van der Waals surface area contributed by atoms with Crippen molar-refractivity contribution in [1.29, 1.82) is 0 Å². The molecular weight excluding hydrogens is 222 g/mol. The van der Waals surface area contributed by atoms with Gasteiger partial charge in [-0.3, -0.25) is 4.79 Å². The second-order valence-corrected chi connectivity index (χ2v) is 3.86. The molecule has 0 saturated heterocycles. The van der Waals surface area contributed by atoms with E-state index in [-0.39, 0.29) is 18.5 Å². The Kier molecular flexibility index (Phi) is 5.58. The number of carbonyl (C=O) groups is 1. The largest absolute Gasteiger partial charge is 0.383 e. The zero-order valence-electron chi connectivity index (χ0n) is 10.4. The lowest BCUT2D eigenvalue weighted by Crippen LogP contribution is -2.37. The number of amides is 1. The molecule has 0 aromatic carbocycles. The summed E-state index contributed by atoms with van der Waals surface area (Å²) >= 11 is 0. The van der Waals surface area contributed by atoms with E-state index in [1.54, 1.807) is 13.3 Å². The van der Waals surface area contributed by atoms with E-state index in [1.165, 1.54) is 4.68 Å². The van der Waals surface area contributed by atoms with Crippen LogP contribution in [-0.4, -0.2) is 47.7 Å². The first-order valence-corrected chi connectivity index (χ1v) is 5.47. The van der Waals surface area contributed by atoms with Crippen LogP contribution in [0.5, 0.6) is 0 Å². The number of methoxy groups -OCH3 is 1. The van der Waals surface area contributed by atoms with E-state index in [2.05, 4.69) is 20.9 Å². The second-order valence-electron chi connectivity index (χ2n) is 3.86. The first kappa shape index (κ1) is 13.6. The summed E-state index contributed by atoms with van der Waals surface area (Å²) in [5.41, 5.74) is 0.810. The highest BCUT2D eigenvalue weighted by Gasteiger charge is 2.08. The lowest BCUT2D eigenvalue weighted by atomic mass is 10.3. The number of ether oxygens (including phenoxy) is 1. The van der Waals surface area contributed by atoms with Crippen LogP contribution < -0.4 is 10.6 Å². The Hall–Kier alpha value is -1.47. The molecule has 96 valence electrons. The van der Waals surface area contributed by atoms with Crippen LogP contribution in [0.2, 0.25) is 0 Å². The third kappa shape index (κ3) is 4.92. The minimum absolute atomic E-state index is 0.00667. The Morgan fingerprint density at radius 3 is 3.06 bits per heavy atom. The Balaban J connectivity index is 2.39. The summed E-state index contributed by atoms with van der Waals surface area (Å²) in [7, 11) is 3.43. The van der Waals surface area contributed by atoms with Gasteiger partial charge in [-0.05, 0) is 14.0 Å². The molecule has 0 saturated carbocycles. The van der Waals surface area contributed by atoms with Gasteiger partial charge in [-0.25, -0.2) is 4.68 Å². The van der Waals surface area contributed by atoms with E-state index in [9.17, 15) is 4.79 Å². The van der Waals surface area contributed by atoms with E-state index in [0.717, 1.165) is 5.69 Å². The summed E-state index contributed by atoms with van der Waals surface area (Å²) in [6.45, 7) is 3.19. The number of nitrogens with zero attached hydrogens (tertiary/aromatic N) is 3.